The van der Waals surface area contributed by atoms with Crippen LogP contribution in [0.5, 0.6) is 0 Å². The van der Waals surface area contributed by atoms with Crippen LogP contribution in [0, 0.1) is 5.92 Å². The third-order valence-electron chi connectivity index (χ3n) is 12.4. The predicted octanol–water partition coefficient (Wildman–Crippen LogP) is -0.687. The Morgan fingerprint density at radius 1 is 0.608 bits per heavy atom. The molecule has 1 heterocycles. The summed E-state index contributed by atoms with van der Waals surface area (Å²) in [6, 6.07) is 14.6. The Hall–Kier alpha value is -6.88. The third-order valence-corrected chi connectivity index (χ3v) is 13.0. The van der Waals surface area contributed by atoms with Crippen LogP contribution in [-0.2, 0) is 62.4 Å². The summed E-state index contributed by atoms with van der Waals surface area (Å²) in [5.41, 5.74) is 8.38. The maximum Gasteiger partial charge on any atom is 0.326 e. The van der Waals surface area contributed by atoms with E-state index < -0.39 is 126 Å². The van der Waals surface area contributed by atoms with Gasteiger partial charge in [-0.3, -0.25) is 38.4 Å². The predicted molar refractivity (Wildman–Crippen MR) is 277 cm³/mol. The number of nitrogens with zero attached hydrogens (tertiary/aromatic N) is 1. The number of carboxylic acid groups (broad SMARTS) is 1. The van der Waals surface area contributed by atoms with E-state index in [-0.39, 0.29) is 25.7 Å². The van der Waals surface area contributed by atoms with Crippen molar-refractivity contribution in [3.8, 4) is 0 Å². The molecule has 0 saturated carbocycles. The van der Waals surface area contributed by atoms with Crippen molar-refractivity contribution in [2.75, 3.05) is 25.2 Å². The molecular formula is C52H71N9O12S. The van der Waals surface area contributed by atoms with Gasteiger partial charge in [0.25, 0.3) is 0 Å². The van der Waals surface area contributed by atoms with Crippen LogP contribution in [-0.4, -0.2) is 159 Å². The van der Waals surface area contributed by atoms with Gasteiger partial charge in [-0.1, -0.05) is 105 Å². The van der Waals surface area contributed by atoms with Gasteiger partial charge in [-0.25, -0.2) is 4.79 Å². The molecule has 0 unspecified atom stereocenters. The van der Waals surface area contributed by atoms with Gasteiger partial charge in [-0.15, -0.1) is 0 Å². The first-order valence-electron chi connectivity index (χ1n) is 24.6. The molecule has 0 aromatic heterocycles. The minimum Gasteiger partial charge on any atom is -0.480 e. The summed E-state index contributed by atoms with van der Waals surface area (Å²) in [4.78, 5) is 123. The summed E-state index contributed by atoms with van der Waals surface area (Å²) in [5, 5.41) is 48.5. The molecule has 402 valence electrons. The highest BCUT2D eigenvalue weighted by molar-refractivity contribution is 7.98. The molecule has 0 radical (unpaired) electrons. The van der Waals surface area contributed by atoms with Gasteiger partial charge in [0, 0.05) is 19.4 Å². The van der Waals surface area contributed by atoms with Crippen molar-refractivity contribution in [1.29, 1.82) is 0 Å². The van der Waals surface area contributed by atoms with Crippen LogP contribution in [0.25, 0.3) is 0 Å². The molecule has 12 N–H and O–H groups in total. The number of nitrogens with one attached hydrogen (secondary N) is 7. The normalized spacial score (nSPS) is 16.9. The Kier molecular flexibility index (Phi) is 24.0. The Bertz CT molecular complexity index is 2370. The Morgan fingerprint density at radius 3 is 1.59 bits per heavy atom. The second kappa shape index (κ2) is 29.7. The molecule has 8 amide bonds. The topological polar surface area (TPSA) is 328 Å². The fourth-order valence-electron chi connectivity index (χ4n) is 8.19. The van der Waals surface area contributed by atoms with E-state index in [1.54, 1.807) is 80.8 Å². The molecule has 1 saturated heterocycles. The van der Waals surface area contributed by atoms with E-state index in [0.29, 0.717) is 36.3 Å². The minimum atomic E-state index is -1.64. The number of carbonyl (C=O) groups excluding carboxylic acids is 8. The number of thioether (sulfide) groups is 1. The molecule has 0 spiro atoms. The van der Waals surface area contributed by atoms with E-state index in [1.165, 1.54) is 30.5 Å². The highest BCUT2D eigenvalue weighted by atomic mass is 32.2. The quantitative estimate of drug-likeness (QED) is 0.0429. The van der Waals surface area contributed by atoms with E-state index in [2.05, 4.69) is 37.2 Å². The third kappa shape index (κ3) is 18.3. The molecule has 0 aliphatic carbocycles. The zero-order valence-corrected chi connectivity index (χ0v) is 43.1. The van der Waals surface area contributed by atoms with E-state index in [4.69, 9.17) is 5.73 Å². The van der Waals surface area contributed by atoms with Crippen LogP contribution in [0.3, 0.4) is 0 Å². The number of aliphatic hydroxyl groups is 2. The summed E-state index contributed by atoms with van der Waals surface area (Å²) in [7, 11) is 0. The number of amides is 8. The number of nitrogens with two attached hydrogens (primary N) is 1. The van der Waals surface area contributed by atoms with Gasteiger partial charge in [-0.2, -0.15) is 11.8 Å². The smallest absolute Gasteiger partial charge is 0.326 e. The SMILES string of the molecule is CSCC[C@H](NC(=O)[C@@H](NC(=O)[C@@H](NC(=O)[C@@H]1CCCN1C(=O)[C@@H](N)Cc1ccccc1)C(C)C)[C@@H](C)O)C(=O)N[C@@H](Cc1ccccc1)C(=O)N[C@@H](CO)C(=O)N[C@@H](C)C(=O)N[C@@H](Cc1ccccc1)C(=O)O. The average Bonchev–Trinajstić information content (AvgIpc) is 3.87. The standard InChI is InChI=1S/C52H71N9O12S/c1-30(2)42(59-48(68)41-22-15-24-61(41)51(71)36(53)26-33-16-9-6-10-17-33)49(69)60-43(32(4)63)50(70)55-37(23-25-74-5)45(65)56-38(27-34-18-11-7-12-19-34)46(66)58-40(29-62)47(67)54-31(3)44(64)57-39(52(72)73)28-35-20-13-8-14-21-35/h6-14,16-21,30-32,36-43,62-63H,15,22-29,53H2,1-5H3,(H,54,67)(H,55,70)(H,56,65)(H,57,64)(H,58,66)(H,59,68)(H,60,69)(H,72,73)/t31-,32+,36-,37-,38-,39-,40-,41-,42-,43-/m0/s1. The highest BCUT2D eigenvalue weighted by Crippen LogP contribution is 2.20. The first kappa shape index (κ1) is 59.7. The van der Waals surface area contributed by atoms with Crippen molar-refractivity contribution < 1.29 is 58.5 Å². The van der Waals surface area contributed by atoms with Gasteiger partial charge in [0.1, 0.15) is 48.3 Å². The fraction of sp³-hybridized carbons (Fsp3) is 0.481. The van der Waals surface area contributed by atoms with Crippen molar-refractivity contribution in [3.05, 3.63) is 108 Å². The first-order valence-corrected chi connectivity index (χ1v) is 25.9. The zero-order chi connectivity index (χ0) is 54.5. The number of rotatable bonds is 28. The molecular weight excluding hydrogens is 975 g/mol. The van der Waals surface area contributed by atoms with E-state index in [1.807, 2.05) is 30.3 Å². The Morgan fingerprint density at radius 2 is 1.08 bits per heavy atom. The number of carboxylic acids is 1. The number of aliphatic carboxylic acids is 1. The fourth-order valence-corrected chi connectivity index (χ4v) is 8.67. The molecule has 1 aliphatic heterocycles. The zero-order valence-electron chi connectivity index (χ0n) is 42.3. The van der Waals surface area contributed by atoms with E-state index >= 15 is 0 Å². The minimum absolute atomic E-state index is 0.0187. The monoisotopic (exact) mass is 1050 g/mol. The van der Waals surface area contributed by atoms with Crippen LogP contribution >= 0.6 is 11.8 Å². The Labute approximate surface area is 435 Å². The van der Waals surface area contributed by atoms with Gasteiger partial charge in [0.2, 0.25) is 47.3 Å². The lowest BCUT2D eigenvalue weighted by Gasteiger charge is -2.31. The lowest BCUT2D eigenvalue weighted by molar-refractivity contribution is -0.142. The maximum absolute atomic E-state index is 14.2. The number of carbonyl (C=O) groups is 9. The number of hydrogen-bond acceptors (Lipinski definition) is 13. The van der Waals surface area contributed by atoms with Gasteiger partial charge in [0.15, 0.2) is 0 Å². The second-order valence-corrected chi connectivity index (χ2v) is 19.6. The van der Waals surface area contributed by atoms with Gasteiger partial charge in [0.05, 0.1) is 18.8 Å². The second-order valence-electron chi connectivity index (χ2n) is 18.6. The average molecular weight is 1050 g/mol. The van der Waals surface area contributed by atoms with Crippen LogP contribution in [0.2, 0.25) is 0 Å². The van der Waals surface area contributed by atoms with E-state index in [9.17, 15) is 58.5 Å². The molecule has 0 bridgehead atoms. The van der Waals surface area contributed by atoms with Gasteiger partial charge >= 0.3 is 5.97 Å². The molecule has 74 heavy (non-hydrogen) atoms. The number of aliphatic hydroxyl groups excluding tert-OH is 2. The van der Waals surface area contributed by atoms with Crippen molar-refractivity contribution in [2.45, 2.75) is 127 Å². The van der Waals surface area contributed by atoms with E-state index in [0.717, 1.165) is 5.56 Å². The molecule has 3 aromatic carbocycles. The number of benzene rings is 3. The van der Waals surface area contributed by atoms with Crippen molar-refractivity contribution in [2.24, 2.45) is 11.7 Å². The molecule has 22 heteroatoms. The van der Waals surface area contributed by atoms with Crippen molar-refractivity contribution in [3.63, 3.8) is 0 Å². The highest BCUT2D eigenvalue weighted by Gasteiger charge is 2.40. The van der Waals surface area contributed by atoms with Crippen LogP contribution < -0.4 is 43.0 Å². The molecule has 1 aliphatic rings. The van der Waals surface area contributed by atoms with Crippen molar-refractivity contribution >= 4 is 65.0 Å². The number of likely N-dealkylation sites (tertiary alicyclic amines) is 1. The lowest BCUT2D eigenvalue weighted by atomic mass is 10.0. The molecule has 21 nitrogen and oxygen atoms in total. The largest absolute Gasteiger partial charge is 0.480 e. The summed E-state index contributed by atoms with van der Waals surface area (Å²) in [5.74, 6) is -7.89. The maximum atomic E-state index is 14.2. The first-order chi connectivity index (χ1) is 35.2. The lowest BCUT2D eigenvalue weighted by Crippen LogP contribution is -2.62. The Balaban J connectivity index is 1.44. The number of hydrogen-bond donors (Lipinski definition) is 11. The summed E-state index contributed by atoms with van der Waals surface area (Å²) in [6.07, 6.45) is 1.24. The summed E-state index contributed by atoms with van der Waals surface area (Å²) in [6.45, 7) is 5.24. The van der Waals surface area contributed by atoms with Crippen LogP contribution in [0.15, 0.2) is 91.0 Å². The van der Waals surface area contributed by atoms with Gasteiger partial charge < -0.3 is 63.2 Å². The van der Waals surface area contributed by atoms with Crippen molar-refractivity contribution in [1.82, 2.24) is 42.1 Å². The molecule has 4 rings (SSSR count). The van der Waals surface area contributed by atoms with Gasteiger partial charge in [-0.05, 0) is 74.1 Å². The molecule has 10 atom stereocenters. The molecule has 3 aromatic rings. The summed E-state index contributed by atoms with van der Waals surface area (Å²) < 4.78 is 0. The molecule has 1 fully saturated rings. The van der Waals surface area contributed by atoms with Crippen LogP contribution in [0.4, 0.5) is 0 Å². The van der Waals surface area contributed by atoms with Crippen LogP contribution in [0.1, 0.15) is 63.6 Å². The summed E-state index contributed by atoms with van der Waals surface area (Å²) >= 11 is 1.35.